The first kappa shape index (κ1) is 8.99. The Balaban J connectivity index is 2.26. The summed E-state index contributed by atoms with van der Waals surface area (Å²) in [5.41, 5.74) is 9.08. The molecule has 0 saturated heterocycles. The van der Waals surface area contributed by atoms with Crippen LogP contribution in [-0.4, -0.2) is 9.55 Å². The fraction of sp³-hybridized carbons (Fsp3) is 0.0714. The van der Waals surface area contributed by atoms with Gasteiger partial charge in [0.05, 0.1) is 11.0 Å². The molecule has 1 aliphatic rings. The van der Waals surface area contributed by atoms with Gasteiger partial charge in [-0.3, -0.25) is 0 Å². The summed E-state index contributed by atoms with van der Waals surface area (Å²) in [5.74, 6) is 0.964. The highest BCUT2D eigenvalue weighted by Crippen LogP contribution is 2.21. The monoisotopic (exact) mass is 206 g/mol. The van der Waals surface area contributed by atoms with Crippen LogP contribution in [-0.2, 0) is 7.05 Å². The van der Waals surface area contributed by atoms with E-state index in [1.807, 2.05) is 43.5 Å². The normalized spacial score (nSPS) is 13.4. The minimum Gasteiger partial charge on any atom is -0.327 e. The summed E-state index contributed by atoms with van der Waals surface area (Å²) in [6.45, 7) is 0. The molecule has 0 fully saturated rings. The van der Waals surface area contributed by atoms with Gasteiger partial charge >= 0.3 is 0 Å². The zero-order valence-corrected chi connectivity index (χ0v) is 8.94. The van der Waals surface area contributed by atoms with Crippen LogP contribution in [0, 0.1) is 0 Å². The molecule has 1 aromatic carbocycles. The minimum atomic E-state index is 0.964. The Morgan fingerprint density at radius 3 is 2.81 bits per heavy atom. The van der Waals surface area contributed by atoms with Crippen molar-refractivity contribution in [2.45, 2.75) is 0 Å². The number of para-hydroxylation sites is 2. The number of aryl methyl sites for hydroxylation is 1. The average molecular weight is 206 g/mol. The Hall–Kier alpha value is -2.27. The fourth-order valence-corrected chi connectivity index (χ4v) is 1.89. The van der Waals surface area contributed by atoms with E-state index < -0.39 is 0 Å². The van der Waals surface area contributed by atoms with Gasteiger partial charge in [0.25, 0.3) is 0 Å². The smallest absolute Gasteiger partial charge is 0.141 e. The zero-order chi connectivity index (χ0) is 11.0. The molecule has 76 valence electrons. The molecule has 3 rings (SSSR count). The number of allylic oxidation sites excluding steroid dienone is 4. The maximum absolute atomic E-state index is 4.61. The number of rotatable bonds is 1. The molecule has 0 atom stereocenters. The van der Waals surface area contributed by atoms with Crippen LogP contribution in [0.15, 0.2) is 54.0 Å². The third kappa shape index (κ3) is 1.26. The van der Waals surface area contributed by atoms with Gasteiger partial charge in [0.15, 0.2) is 0 Å². The topological polar surface area (TPSA) is 17.8 Å². The quantitative estimate of drug-likeness (QED) is 0.656. The SMILES string of the molecule is Cn1c(C2=CC=C=C=C2)nc2ccccc21. The number of hydrogen-bond acceptors (Lipinski definition) is 1. The van der Waals surface area contributed by atoms with Crippen LogP contribution in [0.3, 0.4) is 0 Å². The van der Waals surface area contributed by atoms with Crippen molar-refractivity contribution >= 4 is 16.6 Å². The van der Waals surface area contributed by atoms with Gasteiger partial charge in [0.1, 0.15) is 5.82 Å². The molecule has 0 radical (unpaired) electrons. The Bertz CT molecular complexity index is 689. The lowest BCUT2D eigenvalue weighted by Crippen LogP contribution is -1.95. The predicted octanol–water partition coefficient (Wildman–Crippen LogP) is 2.84. The van der Waals surface area contributed by atoms with Crippen LogP contribution in [0.2, 0.25) is 0 Å². The second kappa shape index (κ2) is 3.39. The Kier molecular flexibility index (Phi) is 1.91. The highest BCUT2D eigenvalue weighted by molar-refractivity contribution is 5.82. The maximum atomic E-state index is 4.61. The van der Waals surface area contributed by atoms with Gasteiger partial charge in [-0.2, -0.15) is 0 Å². The molecule has 2 nitrogen and oxygen atoms in total. The number of aromatic nitrogens is 2. The standard InChI is InChI=1S/C14H10N2/c1-16-13-10-6-5-9-12(13)15-14(16)11-7-3-2-4-8-11/h3,5-10H,1H3. The largest absolute Gasteiger partial charge is 0.327 e. The summed E-state index contributed by atoms with van der Waals surface area (Å²) in [7, 11) is 2.03. The lowest BCUT2D eigenvalue weighted by Gasteiger charge is -2.02. The molecule has 0 aliphatic heterocycles. The number of benzene rings is 1. The van der Waals surface area contributed by atoms with E-state index in [2.05, 4.69) is 27.1 Å². The Morgan fingerprint density at radius 1 is 1.19 bits per heavy atom. The van der Waals surface area contributed by atoms with Gasteiger partial charge in [0, 0.05) is 12.6 Å². The van der Waals surface area contributed by atoms with Crippen LogP contribution >= 0.6 is 0 Å². The number of nitrogens with zero attached hydrogens (tertiary/aromatic N) is 2. The molecule has 2 heteroatoms. The van der Waals surface area contributed by atoms with E-state index in [0.29, 0.717) is 0 Å². The zero-order valence-electron chi connectivity index (χ0n) is 8.94. The first-order chi connectivity index (χ1) is 7.86. The highest BCUT2D eigenvalue weighted by atomic mass is 15.1. The molecule has 1 heterocycles. The average Bonchev–Trinajstić information content (AvgIpc) is 2.69. The highest BCUT2D eigenvalue weighted by Gasteiger charge is 2.09. The molecule has 0 unspecified atom stereocenters. The second-order valence-corrected chi connectivity index (χ2v) is 3.70. The summed E-state index contributed by atoms with van der Waals surface area (Å²) in [4.78, 5) is 4.61. The van der Waals surface area contributed by atoms with E-state index in [1.54, 1.807) is 0 Å². The summed E-state index contributed by atoms with van der Waals surface area (Å²) in [6, 6.07) is 8.13. The number of hydrogen-bond donors (Lipinski definition) is 0. The van der Waals surface area contributed by atoms with Gasteiger partial charge in [-0.25, -0.2) is 4.98 Å². The first-order valence-electron chi connectivity index (χ1n) is 5.16. The summed E-state index contributed by atoms with van der Waals surface area (Å²) in [5, 5.41) is 0. The maximum Gasteiger partial charge on any atom is 0.141 e. The first-order valence-corrected chi connectivity index (χ1v) is 5.16. The number of imidazole rings is 1. The van der Waals surface area contributed by atoms with Crippen LogP contribution in [0.4, 0.5) is 0 Å². The van der Waals surface area contributed by atoms with E-state index in [9.17, 15) is 0 Å². The minimum absolute atomic E-state index is 0.964. The van der Waals surface area contributed by atoms with E-state index in [0.717, 1.165) is 22.4 Å². The molecule has 0 spiro atoms. The lowest BCUT2D eigenvalue weighted by molar-refractivity contribution is 0.924. The molecule has 1 aromatic heterocycles. The van der Waals surface area contributed by atoms with E-state index in [4.69, 9.17) is 0 Å². The summed E-state index contributed by atoms with van der Waals surface area (Å²) < 4.78 is 2.10. The predicted molar refractivity (Wildman–Crippen MR) is 64.9 cm³/mol. The van der Waals surface area contributed by atoms with Crippen molar-refractivity contribution in [1.82, 2.24) is 9.55 Å². The van der Waals surface area contributed by atoms with Crippen LogP contribution in [0.1, 0.15) is 5.82 Å². The third-order valence-electron chi connectivity index (χ3n) is 2.70. The van der Waals surface area contributed by atoms with Crippen molar-refractivity contribution < 1.29 is 0 Å². The number of fused-ring (bicyclic) bond motifs is 1. The Morgan fingerprint density at radius 2 is 2.06 bits per heavy atom. The van der Waals surface area contributed by atoms with E-state index >= 15 is 0 Å². The molecule has 16 heavy (non-hydrogen) atoms. The van der Waals surface area contributed by atoms with Crippen molar-refractivity contribution in [2.75, 3.05) is 0 Å². The van der Waals surface area contributed by atoms with Crippen LogP contribution in [0.5, 0.6) is 0 Å². The second-order valence-electron chi connectivity index (χ2n) is 3.70. The van der Waals surface area contributed by atoms with Gasteiger partial charge in [0.2, 0.25) is 0 Å². The van der Waals surface area contributed by atoms with Crippen molar-refractivity contribution in [2.24, 2.45) is 7.05 Å². The molecule has 0 N–H and O–H groups in total. The Labute approximate surface area is 93.5 Å². The molecule has 0 bridgehead atoms. The van der Waals surface area contributed by atoms with Gasteiger partial charge in [-0.15, -0.1) is 0 Å². The molecular formula is C14H10N2. The van der Waals surface area contributed by atoms with Gasteiger partial charge in [-0.1, -0.05) is 23.6 Å². The van der Waals surface area contributed by atoms with Crippen molar-refractivity contribution in [3.05, 3.63) is 59.8 Å². The summed E-state index contributed by atoms with van der Waals surface area (Å²) >= 11 is 0. The van der Waals surface area contributed by atoms with Crippen molar-refractivity contribution in [3.8, 4) is 0 Å². The molecule has 2 aromatic rings. The van der Waals surface area contributed by atoms with Crippen molar-refractivity contribution in [1.29, 1.82) is 0 Å². The molecular weight excluding hydrogens is 196 g/mol. The molecule has 0 saturated carbocycles. The fourth-order valence-electron chi connectivity index (χ4n) is 1.89. The third-order valence-corrected chi connectivity index (χ3v) is 2.70. The van der Waals surface area contributed by atoms with Crippen LogP contribution < -0.4 is 0 Å². The molecule has 0 amide bonds. The van der Waals surface area contributed by atoms with Crippen LogP contribution in [0.25, 0.3) is 16.6 Å². The lowest BCUT2D eigenvalue weighted by atomic mass is 10.2. The van der Waals surface area contributed by atoms with Gasteiger partial charge < -0.3 is 4.57 Å². The molecule has 1 aliphatic carbocycles. The van der Waals surface area contributed by atoms with E-state index in [-0.39, 0.29) is 0 Å². The van der Waals surface area contributed by atoms with E-state index in [1.165, 1.54) is 0 Å². The van der Waals surface area contributed by atoms with Crippen molar-refractivity contribution in [3.63, 3.8) is 0 Å². The summed E-state index contributed by atoms with van der Waals surface area (Å²) in [6.07, 6.45) is 5.76. The van der Waals surface area contributed by atoms with Gasteiger partial charge in [-0.05, 0) is 30.4 Å².